The zero-order valence-electron chi connectivity index (χ0n) is 22.9. The average molecular weight is 633 g/mol. The molecule has 5 rings (SSSR count). The quantitative estimate of drug-likeness (QED) is 0.128. The fraction of sp³-hybridized carbons (Fsp3) is 0.0625. The summed E-state index contributed by atoms with van der Waals surface area (Å²) < 4.78 is 48.2. The fourth-order valence-electron chi connectivity index (χ4n) is 4.31. The number of thiophene rings is 1. The Labute approximate surface area is 256 Å². The number of aromatic hydroxyl groups is 1. The second-order valence-corrected chi connectivity index (χ2v) is 12.1. The van der Waals surface area contributed by atoms with E-state index >= 15 is 0 Å². The summed E-state index contributed by atoms with van der Waals surface area (Å²) in [4.78, 5) is 23.4. The van der Waals surface area contributed by atoms with Crippen LogP contribution in [0.5, 0.6) is 11.5 Å². The maximum atomic E-state index is 14.8. The van der Waals surface area contributed by atoms with Crippen molar-refractivity contribution in [3.63, 3.8) is 0 Å². The molecule has 0 saturated carbocycles. The second-order valence-electron chi connectivity index (χ2n) is 9.55. The summed E-state index contributed by atoms with van der Waals surface area (Å²) in [5, 5.41) is 22.7. The van der Waals surface area contributed by atoms with Crippen LogP contribution in [0.2, 0.25) is 0 Å². The molecule has 4 aromatic carbocycles. The van der Waals surface area contributed by atoms with Gasteiger partial charge in [0.1, 0.15) is 15.5 Å². The van der Waals surface area contributed by atoms with Crippen molar-refractivity contribution in [3.8, 4) is 22.6 Å². The Morgan fingerprint density at radius 1 is 0.864 bits per heavy atom. The van der Waals surface area contributed by atoms with Crippen LogP contribution in [-0.2, 0) is 16.4 Å². The Bertz CT molecular complexity index is 1920. The maximum Gasteiger partial charge on any atom is 0.347 e. The molecule has 224 valence electrons. The van der Waals surface area contributed by atoms with E-state index in [9.17, 15) is 32.6 Å². The maximum absolute atomic E-state index is 14.8. The monoisotopic (exact) mass is 632 g/mol. The number of benzene rings is 4. The molecule has 0 atom stereocenters. The Kier molecular flexibility index (Phi) is 8.93. The standard InChI is InChI=1S/C32H25FN2O7S2/c33-27-19-24(34-31(37)23-6-4-21(5-7-23)22-8-11-26(36)12-9-22)10-13-28(27)42-16-14-20-2-1-3-25(18-20)35-44(40,41)29-15-17-43-30(29)32(38)39/h1-13,15,17-19,35-36H,14,16H2,(H,34,37)(H,38,39). The van der Waals surface area contributed by atoms with Crippen molar-refractivity contribution in [2.75, 3.05) is 16.6 Å². The number of sulfonamides is 1. The summed E-state index contributed by atoms with van der Waals surface area (Å²) in [7, 11) is -4.12. The van der Waals surface area contributed by atoms with Crippen molar-refractivity contribution in [3.05, 3.63) is 124 Å². The van der Waals surface area contributed by atoms with Crippen LogP contribution in [0.15, 0.2) is 107 Å². The lowest BCUT2D eigenvalue weighted by atomic mass is 10.0. The SMILES string of the molecule is O=C(Nc1ccc(OCCc2cccc(NS(=O)(=O)c3ccsc3C(=O)O)c2)c(F)c1)c1ccc(-c2ccc(O)cc2)cc1. The van der Waals surface area contributed by atoms with Crippen LogP contribution in [0.4, 0.5) is 15.8 Å². The number of hydrogen-bond donors (Lipinski definition) is 4. The molecule has 0 bridgehead atoms. The summed E-state index contributed by atoms with van der Waals surface area (Å²) >= 11 is 0.818. The van der Waals surface area contributed by atoms with Gasteiger partial charge in [0.25, 0.3) is 15.9 Å². The number of ether oxygens (including phenoxy) is 1. The number of phenolic OH excluding ortho intramolecular Hbond substituents is 1. The molecule has 0 radical (unpaired) electrons. The highest BCUT2D eigenvalue weighted by Gasteiger charge is 2.24. The number of halogens is 1. The zero-order chi connectivity index (χ0) is 31.3. The van der Waals surface area contributed by atoms with Crippen LogP contribution in [-0.4, -0.2) is 37.1 Å². The van der Waals surface area contributed by atoms with Crippen molar-refractivity contribution in [2.24, 2.45) is 0 Å². The number of carboxylic acids is 1. The molecule has 0 aliphatic heterocycles. The van der Waals surface area contributed by atoms with Crippen LogP contribution in [0.25, 0.3) is 11.1 Å². The van der Waals surface area contributed by atoms with E-state index in [4.69, 9.17) is 4.74 Å². The number of aromatic carboxylic acids is 1. The smallest absolute Gasteiger partial charge is 0.347 e. The largest absolute Gasteiger partial charge is 0.508 e. The van der Waals surface area contributed by atoms with Gasteiger partial charge in [0, 0.05) is 29.4 Å². The normalized spacial score (nSPS) is 11.1. The van der Waals surface area contributed by atoms with Gasteiger partial charge in [-0.25, -0.2) is 17.6 Å². The van der Waals surface area contributed by atoms with Crippen LogP contribution in [0, 0.1) is 5.82 Å². The Morgan fingerprint density at radius 2 is 1.57 bits per heavy atom. The van der Waals surface area contributed by atoms with Crippen molar-refractivity contribution in [1.29, 1.82) is 0 Å². The average Bonchev–Trinajstić information content (AvgIpc) is 3.51. The highest BCUT2D eigenvalue weighted by Crippen LogP contribution is 2.26. The van der Waals surface area contributed by atoms with Crippen molar-refractivity contribution in [1.82, 2.24) is 0 Å². The van der Waals surface area contributed by atoms with Gasteiger partial charge in [-0.3, -0.25) is 9.52 Å². The van der Waals surface area contributed by atoms with E-state index in [2.05, 4.69) is 10.0 Å². The van der Waals surface area contributed by atoms with Gasteiger partial charge in [0.05, 0.1) is 6.61 Å². The molecule has 9 nitrogen and oxygen atoms in total. The number of carbonyl (C=O) groups is 2. The number of nitrogens with one attached hydrogen (secondary N) is 2. The molecule has 0 aliphatic rings. The van der Waals surface area contributed by atoms with Gasteiger partial charge in [-0.15, -0.1) is 11.3 Å². The lowest BCUT2D eigenvalue weighted by molar-refractivity contribution is 0.0698. The Balaban J connectivity index is 1.15. The van der Waals surface area contributed by atoms with Crippen LogP contribution in [0.3, 0.4) is 0 Å². The third kappa shape index (κ3) is 7.22. The highest BCUT2D eigenvalue weighted by molar-refractivity contribution is 7.93. The molecule has 0 aliphatic carbocycles. The molecular weight excluding hydrogens is 607 g/mol. The van der Waals surface area contributed by atoms with Gasteiger partial charge in [0.15, 0.2) is 11.6 Å². The van der Waals surface area contributed by atoms with Gasteiger partial charge in [-0.2, -0.15) is 0 Å². The molecule has 44 heavy (non-hydrogen) atoms. The number of phenols is 1. The first-order chi connectivity index (χ1) is 21.1. The van der Waals surface area contributed by atoms with E-state index in [1.54, 1.807) is 66.7 Å². The molecule has 5 aromatic rings. The summed E-state index contributed by atoms with van der Waals surface area (Å²) in [5.74, 6) is -2.26. The van der Waals surface area contributed by atoms with Crippen LogP contribution in [0.1, 0.15) is 25.6 Å². The predicted molar refractivity (Wildman–Crippen MR) is 166 cm³/mol. The summed E-state index contributed by atoms with van der Waals surface area (Å²) in [5.41, 5.74) is 3.33. The molecule has 0 saturated heterocycles. The number of anilines is 2. The van der Waals surface area contributed by atoms with Crippen molar-refractivity contribution in [2.45, 2.75) is 11.3 Å². The predicted octanol–water partition coefficient (Wildman–Crippen LogP) is 6.63. The third-order valence-corrected chi connectivity index (χ3v) is 8.93. The third-order valence-electron chi connectivity index (χ3n) is 6.48. The second kappa shape index (κ2) is 13.0. The van der Waals surface area contributed by atoms with E-state index in [1.807, 2.05) is 0 Å². The summed E-state index contributed by atoms with van der Waals surface area (Å²) in [6.45, 7) is 0.0832. The lowest BCUT2D eigenvalue weighted by Crippen LogP contribution is -2.15. The minimum absolute atomic E-state index is 0.0169. The number of rotatable bonds is 11. The lowest BCUT2D eigenvalue weighted by Gasteiger charge is -2.11. The fourth-order valence-corrected chi connectivity index (χ4v) is 6.62. The Hall–Kier alpha value is -5.20. The first-order valence-corrected chi connectivity index (χ1v) is 15.5. The van der Waals surface area contributed by atoms with Gasteiger partial charge < -0.3 is 20.3 Å². The zero-order valence-corrected chi connectivity index (χ0v) is 24.5. The number of carbonyl (C=O) groups excluding carboxylic acids is 1. The summed E-state index contributed by atoms with van der Waals surface area (Å²) in [6.07, 6.45) is 0.326. The molecule has 4 N–H and O–H groups in total. The number of amides is 1. The number of hydrogen-bond acceptors (Lipinski definition) is 7. The molecule has 1 aromatic heterocycles. The first-order valence-electron chi connectivity index (χ1n) is 13.1. The van der Waals surface area contributed by atoms with E-state index in [-0.39, 0.29) is 39.3 Å². The van der Waals surface area contributed by atoms with E-state index in [1.165, 1.54) is 29.6 Å². The minimum Gasteiger partial charge on any atom is -0.508 e. The topological polar surface area (TPSA) is 142 Å². The molecule has 0 spiro atoms. The van der Waals surface area contributed by atoms with Gasteiger partial charge in [0.2, 0.25) is 0 Å². The number of carboxylic acid groups (broad SMARTS) is 1. The molecule has 1 heterocycles. The molecule has 0 fully saturated rings. The minimum atomic E-state index is -4.12. The summed E-state index contributed by atoms with van der Waals surface area (Å²) in [6, 6.07) is 25.4. The van der Waals surface area contributed by atoms with Gasteiger partial charge in [-0.1, -0.05) is 36.4 Å². The van der Waals surface area contributed by atoms with E-state index in [0.29, 0.717) is 17.5 Å². The van der Waals surface area contributed by atoms with Gasteiger partial charge in [-0.05, 0) is 76.7 Å². The van der Waals surface area contributed by atoms with E-state index < -0.39 is 27.7 Å². The van der Waals surface area contributed by atoms with Crippen LogP contribution >= 0.6 is 11.3 Å². The molecule has 0 unspecified atom stereocenters. The molecule has 12 heteroatoms. The van der Waals surface area contributed by atoms with E-state index in [0.717, 1.165) is 28.5 Å². The van der Waals surface area contributed by atoms with Gasteiger partial charge >= 0.3 is 5.97 Å². The molecular formula is C32H25FN2O7S2. The molecule has 1 amide bonds. The Morgan fingerprint density at radius 3 is 2.25 bits per heavy atom. The van der Waals surface area contributed by atoms with Crippen LogP contribution < -0.4 is 14.8 Å². The van der Waals surface area contributed by atoms with Crippen molar-refractivity contribution < 1.29 is 37.3 Å². The highest BCUT2D eigenvalue weighted by atomic mass is 32.2. The first kappa shape index (κ1) is 30.3. The van der Waals surface area contributed by atoms with Crippen molar-refractivity contribution >= 4 is 44.6 Å².